The molecule has 0 aromatic carbocycles. The lowest BCUT2D eigenvalue weighted by Crippen LogP contribution is -2.37. The summed E-state index contributed by atoms with van der Waals surface area (Å²) >= 11 is 3.32. The van der Waals surface area contributed by atoms with Crippen LogP contribution in [0.2, 0.25) is 0 Å². The molecule has 0 aliphatic carbocycles. The fraction of sp³-hybridized carbons (Fsp3) is 0.538. The zero-order chi connectivity index (χ0) is 13.1. The molecule has 5 heteroatoms. The molecule has 1 aromatic heterocycles. The number of aliphatic hydroxyl groups excluding tert-OH is 1. The quantitative estimate of drug-likeness (QED) is 0.931. The van der Waals surface area contributed by atoms with Crippen molar-refractivity contribution in [1.82, 2.24) is 9.88 Å². The van der Waals surface area contributed by atoms with Gasteiger partial charge in [-0.3, -0.25) is 9.78 Å². The van der Waals surface area contributed by atoms with Crippen LogP contribution in [-0.4, -0.2) is 39.6 Å². The Morgan fingerprint density at radius 1 is 1.67 bits per heavy atom. The Morgan fingerprint density at radius 3 is 3.11 bits per heavy atom. The number of carbonyl (C=O) groups is 1. The van der Waals surface area contributed by atoms with Crippen molar-refractivity contribution in [3.8, 4) is 0 Å². The van der Waals surface area contributed by atoms with Gasteiger partial charge in [-0.25, -0.2) is 0 Å². The Hall–Kier alpha value is -0.940. The number of amides is 1. The van der Waals surface area contributed by atoms with Crippen LogP contribution in [0, 0.1) is 0 Å². The number of carbonyl (C=O) groups excluding carboxylic acids is 1. The Balaban J connectivity index is 2.12. The number of hydrogen-bond acceptors (Lipinski definition) is 3. The van der Waals surface area contributed by atoms with Crippen LogP contribution in [0.5, 0.6) is 0 Å². The molecule has 1 N–H and O–H groups in total. The van der Waals surface area contributed by atoms with Crippen LogP contribution in [0.25, 0.3) is 0 Å². The third-order valence-corrected chi connectivity index (χ3v) is 3.64. The molecule has 1 amide bonds. The molecule has 0 bridgehead atoms. The molecule has 1 saturated heterocycles. The first-order valence-corrected chi connectivity index (χ1v) is 6.97. The van der Waals surface area contributed by atoms with Crippen molar-refractivity contribution < 1.29 is 9.90 Å². The minimum atomic E-state index is -0.371. The van der Waals surface area contributed by atoms with Gasteiger partial charge in [0, 0.05) is 29.5 Å². The van der Waals surface area contributed by atoms with Crippen molar-refractivity contribution in [1.29, 1.82) is 0 Å². The average Bonchev–Trinajstić information content (AvgIpc) is 2.75. The van der Waals surface area contributed by atoms with E-state index in [0.29, 0.717) is 12.0 Å². The first-order valence-electron chi connectivity index (χ1n) is 6.17. The minimum absolute atomic E-state index is 0.00644. The first kappa shape index (κ1) is 13.5. The van der Waals surface area contributed by atoms with E-state index in [1.807, 2.05) is 4.90 Å². The van der Waals surface area contributed by atoms with E-state index < -0.39 is 0 Å². The number of aliphatic hydroxyl groups is 1. The van der Waals surface area contributed by atoms with Gasteiger partial charge in [0.05, 0.1) is 11.7 Å². The molecule has 98 valence electrons. The summed E-state index contributed by atoms with van der Waals surface area (Å²) in [5.74, 6) is 0.00644. The van der Waals surface area contributed by atoms with Crippen LogP contribution in [0.4, 0.5) is 0 Å². The van der Waals surface area contributed by atoms with Crippen LogP contribution < -0.4 is 0 Å². The van der Waals surface area contributed by atoms with E-state index in [2.05, 4.69) is 20.9 Å². The van der Waals surface area contributed by atoms with Crippen molar-refractivity contribution in [2.45, 2.75) is 38.3 Å². The maximum absolute atomic E-state index is 12.4. The standard InChI is InChI=1S/C13H17BrN2O2/c1-9(17)5-12-3-2-4-16(12)13(18)10-6-11(14)8-15-7-10/h6-9,12,17H,2-5H2,1H3. The van der Waals surface area contributed by atoms with Crippen molar-refractivity contribution >= 4 is 21.8 Å². The van der Waals surface area contributed by atoms with Gasteiger partial charge in [0.2, 0.25) is 0 Å². The molecule has 2 unspecified atom stereocenters. The maximum atomic E-state index is 12.4. The van der Waals surface area contributed by atoms with Gasteiger partial charge in [0.25, 0.3) is 5.91 Å². The van der Waals surface area contributed by atoms with Gasteiger partial charge in [-0.2, -0.15) is 0 Å². The highest BCUT2D eigenvalue weighted by atomic mass is 79.9. The normalized spacial score (nSPS) is 21.1. The van der Waals surface area contributed by atoms with Gasteiger partial charge in [0.1, 0.15) is 0 Å². The second-order valence-corrected chi connectivity index (χ2v) is 5.69. The minimum Gasteiger partial charge on any atom is -0.393 e. The molecule has 1 fully saturated rings. The van der Waals surface area contributed by atoms with Crippen LogP contribution in [0.1, 0.15) is 36.5 Å². The van der Waals surface area contributed by atoms with Gasteiger partial charge in [-0.1, -0.05) is 0 Å². The van der Waals surface area contributed by atoms with E-state index in [-0.39, 0.29) is 18.1 Å². The summed E-state index contributed by atoms with van der Waals surface area (Å²) < 4.78 is 0.805. The molecule has 1 aliphatic heterocycles. The Labute approximate surface area is 115 Å². The number of halogens is 1. The van der Waals surface area contributed by atoms with Gasteiger partial charge in [-0.05, 0) is 48.2 Å². The summed E-state index contributed by atoms with van der Waals surface area (Å²) in [7, 11) is 0. The smallest absolute Gasteiger partial charge is 0.255 e. The van der Waals surface area contributed by atoms with Gasteiger partial charge < -0.3 is 10.0 Å². The topological polar surface area (TPSA) is 53.4 Å². The number of pyridine rings is 1. The molecule has 18 heavy (non-hydrogen) atoms. The summed E-state index contributed by atoms with van der Waals surface area (Å²) in [5.41, 5.74) is 0.599. The SMILES string of the molecule is CC(O)CC1CCCN1C(=O)c1cncc(Br)c1. The van der Waals surface area contributed by atoms with E-state index in [1.165, 1.54) is 0 Å². The lowest BCUT2D eigenvalue weighted by molar-refractivity contribution is 0.0681. The second kappa shape index (κ2) is 5.80. The summed E-state index contributed by atoms with van der Waals surface area (Å²) in [6, 6.07) is 1.93. The van der Waals surface area contributed by atoms with E-state index in [9.17, 15) is 9.90 Å². The Morgan fingerprint density at radius 2 is 2.44 bits per heavy atom. The molecule has 1 aliphatic rings. The van der Waals surface area contributed by atoms with Crippen molar-refractivity contribution in [3.05, 3.63) is 28.5 Å². The highest BCUT2D eigenvalue weighted by Gasteiger charge is 2.30. The first-order chi connectivity index (χ1) is 8.58. The molecule has 0 radical (unpaired) electrons. The van der Waals surface area contributed by atoms with Crippen LogP contribution >= 0.6 is 15.9 Å². The highest BCUT2D eigenvalue weighted by Crippen LogP contribution is 2.24. The Bertz CT molecular complexity index is 437. The predicted molar refractivity (Wildman–Crippen MR) is 72.3 cm³/mol. The Kier molecular flexibility index (Phi) is 4.35. The molecular weight excluding hydrogens is 296 g/mol. The number of rotatable bonds is 3. The zero-order valence-corrected chi connectivity index (χ0v) is 11.9. The fourth-order valence-electron chi connectivity index (χ4n) is 2.44. The van der Waals surface area contributed by atoms with Gasteiger partial charge in [0.15, 0.2) is 0 Å². The monoisotopic (exact) mass is 312 g/mol. The van der Waals surface area contributed by atoms with E-state index in [4.69, 9.17) is 0 Å². The third kappa shape index (κ3) is 3.09. The van der Waals surface area contributed by atoms with E-state index in [1.54, 1.807) is 25.4 Å². The van der Waals surface area contributed by atoms with Crippen LogP contribution in [-0.2, 0) is 0 Å². The molecule has 2 rings (SSSR count). The lowest BCUT2D eigenvalue weighted by atomic mass is 10.1. The summed E-state index contributed by atoms with van der Waals surface area (Å²) in [6.45, 7) is 2.53. The number of aromatic nitrogens is 1. The summed E-state index contributed by atoms with van der Waals surface area (Å²) in [4.78, 5) is 18.3. The number of likely N-dealkylation sites (tertiary alicyclic amines) is 1. The fourth-order valence-corrected chi connectivity index (χ4v) is 2.80. The largest absolute Gasteiger partial charge is 0.393 e. The van der Waals surface area contributed by atoms with Crippen molar-refractivity contribution in [2.24, 2.45) is 0 Å². The lowest BCUT2D eigenvalue weighted by Gasteiger charge is -2.25. The van der Waals surface area contributed by atoms with Crippen molar-refractivity contribution in [2.75, 3.05) is 6.54 Å². The second-order valence-electron chi connectivity index (χ2n) is 4.77. The summed E-state index contributed by atoms with van der Waals surface area (Å²) in [5, 5.41) is 9.47. The highest BCUT2D eigenvalue weighted by molar-refractivity contribution is 9.10. The number of hydrogen-bond donors (Lipinski definition) is 1. The zero-order valence-electron chi connectivity index (χ0n) is 10.3. The average molecular weight is 313 g/mol. The van der Waals surface area contributed by atoms with E-state index >= 15 is 0 Å². The molecule has 4 nitrogen and oxygen atoms in total. The molecule has 0 saturated carbocycles. The van der Waals surface area contributed by atoms with Crippen LogP contribution in [0.3, 0.4) is 0 Å². The molecule has 2 atom stereocenters. The summed E-state index contributed by atoms with van der Waals surface area (Å²) in [6.07, 6.45) is 5.50. The number of nitrogens with zero attached hydrogens (tertiary/aromatic N) is 2. The molecule has 2 heterocycles. The molecular formula is C13H17BrN2O2. The maximum Gasteiger partial charge on any atom is 0.255 e. The molecule has 1 aromatic rings. The van der Waals surface area contributed by atoms with E-state index in [0.717, 1.165) is 23.9 Å². The predicted octanol–water partition coefficient (Wildman–Crippen LogP) is 2.22. The molecule has 0 spiro atoms. The van der Waals surface area contributed by atoms with Crippen LogP contribution in [0.15, 0.2) is 22.9 Å². The van der Waals surface area contributed by atoms with Crippen molar-refractivity contribution in [3.63, 3.8) is 0 Å². The van der Waals surface area contributed by atoms with Gasteiger partial charge >= 0.3 is 0 Å². The third-order valence-electron chi connectivity index (χ3n) is 3.20. The van der Waals surface area contributed by atoms with Gasteiger partial charge in [-0.15, -0.1) is 0 Å².